The van der Waals surface area contributed by atoms with E-state index in [-0.39, 0.29) is 19.4 Å². The first-order valence-electron chi connectivity index (χ1n) is 12.4. The number of rotatable bonds is 12. The monoisotopic (exact) mass is 613 g/mol. The highest BCUT2D eigenvalue weighted by Gasteiger charge is 2.51. The lowest BCUT2D eigenvalue weighted by Crippen LogP contribution is -2.66. The van der Waals surface area contributed by atoms with Gasteiger partial charge in [-0.05, 0) is 12.8 Å². The highest BCUT2D eigenvalue weighted by atomic mass is 19.2. The smallest absolute Gasteiger partial charge is 0.311 e. The summed E-state index contributed by atoms with van der Waals surface area (Å²) < 4.78 is 98.5. The summed E-state index contributed by atoms with van der Waals surface area (Å²) in [7, 11) is 0. The number of hydrogen-bond acceptors (Lipinski definition) is 11. The Labute approximate surface area is 235 Å². The van der Waals surface area contributed by atoms with Gasteiger partial charge >= 0.3 is 23.9 Å². The van der Waals surface area contributed by atoms with Crippen LogP contribution in [-0.4, -0.2) is 73.6 Å². The number of unbranched alkanes of at least 4 members (excludes halogenated alkanes) is 1. The van der Waals surface area contributed by atoms with Gasteiger partial charge in [0.15, 0.2) is 18.5 Å². The molecule has 1 heterocycles. The number of esters is 4. The molecule has 1 amide bonds. The van der Waals surface area contributed by atoms with Crippen molar-refractivity contribution in [1.29, 1.82) is 0 Å². The van der Waals surface area contributed by atoms with Gasteiger partial charge in [0, 0.05) is 40.7 Å². The van der Waals surface area contributed by atoms with Crippen molar-refractivity contribution >= 4 is 29.8 Å². The number of halogens is 5. The minimum absolute atomic E-state index is 0.0407. The van der Waals surface area contributed by atoms with Crippen LogP contribution in [0, 0.1) is 29.1 Å². The number of benzene rings is 1. The number of nitrogens with one attached hydrogen (secondary N) is 1. The first kappa shape index (κ1) is 34.3. The van der Waals surface area contributed by atoms with E-state index in [2.05, 4.69) is 10.1 Å². The quantitative estimate of drug-likeness (QED) is 0.0702. The van der Waals surface area contributed by atoms with Crippen molar-refractivity contribution in [2.24, 2.45) is 0 Å². The van der Waals surface area contributed by atoms with Gasteiger partial charge in [0.1, 0.15) is 18.8 Å². The zero-order valence-corrected chi connectivity index (χ0v) is 22.8. The standard InChI is InChI=1S/C25H28F5NO11/c1-10(32)31-21-24(40-13(4)35)22(39-12(3)34)14(9-38-11(2)33)41-25(21)37-8-6-5-7-15(36)42-23-19(29)17(27)16(26)18(28)20(23)30/h14,21-22,24-25H,5-9H2,1-4H3,(H,31,32). The Kier molecular flexibility index (Phi) is 12.6. The van der Waals surface area contributed by atoms with Crippen molar-refractivity contribution in [2.75, 3.05) is 13.2 Å². The third-order valence-electron chi connectivity index (χ3n) is 5.51. The molecule has 17 heteroatoms. The molecule has 1 saturated heterocycles. The maximum absolute atomic E-state index is 13.7. The van der Waals surface area contributed by atoms with Crippen molar-refractivity contribution in [1.82, 2.24) is 5.32 Å². The van der Waals surface area contributed by atoms with E-state index in [4.69, 9.17) is 23.7 Å². The van der Waals surface area contributed by atoms with E-state index in [9.17, 15) is 45.9 Å². The first-order valence-corrected chi connectivity index (χ1v) is 12.4. The zero-order chi connectivity index (χ0) is 31.7. The second-order valence-electron chi connectivity index (χ2n) is 8.92. The highest BCUT2D eigenvalue weighted by molar-refractivity contribution is 5.74. The Hall–Kier alpha value is -3.86. The summed E-state index contributed by atoms with van der Waals surface area (Å²) in [4.78, 5) is 58.9. The van der Waals surface area contributed by atoms with Crippen LogP contribution in [0.1, 0.15) is 47.0 Å². The molecule has 5 unspecified atom stereocenters. The minimum Gasteiger partial charge on any atom is -0.463 e. The van der Waals surface area contributed by atoms with E-state index in [1.165, 1.54) is 0 Å². The summed E-state index contributed by atoms with van der Waals surface area (Å²) in [6, 6.07) is -1.23. The van der Waals surface area contributed by atoms with E-state index in [1.807, 2.05) is 0 Å². The molecular weight excluding hydrogens is 585 g/mol. The topological polar surface area (TPSA) is 153 Å². The fourth-order valence-electron chi connectivity index (χ4n) is 3.84. The lowest BCUT2D eigenvalue weighted by molar-refractivity contribution is -0.277. The Bertz CT molecular complexity index is 1170. The molecule has 1 aromatic rings. The summed E-state index contributed by atoms with van der Waals surface area (Å²) in [6.45, 7) is 3.72. The third kappa shape index (κ3) is 9.34. The molecule has 5 atom stereocenters. The number of amides is 1. The molecule has 234 valence electrons. The van der Waals surface area contributed by atoms with Gasteiger partial charge < -0.3 is 33.7 Å². The lowest BCUT2D eigenvalue weighted by atomic mass is 9.96. The Morgan fingerprint density at radius 1 is 0.762 bits per heavy atom. The fraction of sp³-hybridized carbons (Fsp3) is 0.560. The van der Waals surface area contributed by atoms with Crippen molar-refractivity contribution in [2.45, 2.75) is 77.6 Å². The predicted molar refractivity (Wildman–Crippen MR) is 126 cm³/mol. The largest absolute Gasteiger partial charge is 0.463 e. The summed E-state index contributed by atoms with van der Waals surface area (Å²) in [5, 5.41) is 2.49. The van der Waals surface area contributed by atoms with Crippen molar-refractivity contribution in [3.05, 3.63) is 29.1 Å². The molecule has 1 aromatic carbocycles. The maximum Gasteiger partial charge on any atom is 0.311 e. The third-order valence-corrected chi connectivity index (χ3v) is 5.51. The summed E-state index contributed by atoms with van der Waals surface area (Å²) in [5.41, 5.74) is 0. The molecule has 0 bridgehead atoms. The summed E-state index contributed by atoms with van der Waals surface area (Å²) in [6.07, 6.45) is -5.82. The zero-order valence-electron chi connectivity index (χ0n) is 22.8. The summed E-state index contributed by atoms with van der Waals surface area (Å²) >= 11 is 0. The van der Waals surface area contributed by atoms with Crippen molar-refractivity contribution in [3.63, 3.8) is 0 Å². The van der Waals surface area contributed by atoms with Gasteiger partial charge in [-0.2, -0.15) is 8.78 Å². The van der Waals surface area contributed by atoms with Gasteiger partial charge in [0.05, 0.1) is 0 Å². The maximum atomic E-state index is 13.7. The molecule has 0 saturated carbocycles. The SMILES string of the molecule is CC(=O)NC1C(OCCCCC(=O)Oc2c(F)c(F)c(F)c(F)c2F)OC(COC(C)=O)C(OC(C)=O)C1OC(C)=O. The molecule has 2 rings (SSSR count). The van der Waals surface area contributed by atoms with Crippen LogP contribution in [0.25, 0.3) is 0 Å². The van der Waals surface area contributed by atoms with Crippen LogP contribution in [0.5, 0.6) is 5.75 Å². The van der Waals surface area contributed by atoms with Gasteiger partial charge in [0.25, 0.3) is 0 Å². The van der Waals surface area contributed by atoms with E-state index >= 15 is 0 Å². The molecular formula is C25H28F5NO11. The highest BCUT2D eigenvalue weighted by Crippen LogP contribution is 2.30. The van der Waals surface area contributed by atoms with Crippen molar-refractivity contribution in [3.8, 4) is 5.75 Å². The van der Waals surface area contributed by atoms with Crippen LogP contribution in [0.3, 0.4) is 0 Å². The Morgan fingerprint density at radius 3 is 1.83 bits per heavy atom. The molecule has 0 spiro atoms. The van der Waals surface area contributed by atoms with Gasteiger partial charge in [-0.25, -0.2) is 13.2 Å². The molecule has 1 aliphatic heterocycles. The number of ether oxygens (including phenoxy) is 6. The van der Waals surface area contributed by atoms with Crippen LogP contribution in [0.4, 0.5) is 22.0 Å². The molecule has 0 aliphatic carbocycles. The van der Waals surface area contributed by atoms with E-state index < -0.39 is 108 Å². The van der Waals surface area contributed by atoms with Crippen LogP contribution >= 0.6 is 0 Å². The molecule has 12 nitrogen and oxygen atoms in total. The lowest BCUT2D eigenvalue weighted by Gasteiger charge is -2.44. The molecule has 0 radical (unpaired) electrons. The van der Waals surface area contributed by atoms with Crippen LogP contribution < -0.4 is 10.1 Å². The average molecular weight is 613 g/mol. The number of carbonyl (C=O) groups is 5. The number of hydrogen-bond donors (Lipinski definition) is 1. The van der Waals surface area contributed by atoms with Crippen molar-refractivity contribution < 1.29 is 74.3 Å². The van der Waals surface area contributed by atoms with E-state index in [0.29, 0.717) is 0 Å². The normalized spacial score (nSPS) is 21.7. The molecule has 1 N–H and O–H groups in total. The van der Waals surface area contributed by atoms with Crippen LogP contribution in [0.2, 0.25) is 0 Å². The minimum atomic E-state index is -2.41. The predicted octanol–water partition coefficient (Wildman–Crippen LogP) is 2.13. The second-order valence-corrected chi connectivity index (χ2v) is 8.92. The molecule has 1 fully saturated rings. The van der Waals surface area contributed by atoms with E-state index in [0.717, 1.165) is 27.7 Å². The second kappa shape index (κ2) is 15.4. The van der Waals surface area contributed by atoms with Gasteiger partial charge in [0.2, 0.25) is 40.7 Å². The average Bonchev–Trinajstić information content (AvgIpc) is 2.89. The van der Waals surface area contributed by atoms with Crippen LogP contribution in [-0.2, 0) is 47.7 Å². The fourth-order valence-corrected chi connectivity index (χ4v) is 3.84. The van der Waals surface area contributed by atoms with Gasteiger partial charge in [-0.1, -0.05) is 0 Å². The van der Waals surface area contributed by atoms with Gasteiger partial charge in [-0.3, -0.25) is 24.0 Å². The van der Waals surface area contributed by atoms with E-state index in [1.54, 1.807) is 0 Å². The Morgan fingerprint density at radius 2 is 1.31 bits per heavy atom. The molecule has 0 aromatic heterocycles. The first-order chi connectivity index (χ1) is 19.6. The van der Waals surface area contributed by atoms with Gasteiger partial charge in [-0.15, -0.1) is 0 Å². The van der Waals surface area contributed by atoms with Crippen LogP contribution in [0.15, 0.2) is 0 Å². The molecule has 42 heavy (non-hydrogen) atoms. The summed E-state index contributed by atoms with van der Waals surface area (Å²) in [5.74, 6) is -17.5. The molecule has 1 aliphatic rings. The Balaban J connectivity index is 2.10. The number of carbonyl (C=O) groups excluding carboxylic acids is 5.